The first kappa shape index (κ1) is 19.2. The molecular formula is C26H36. The summed E-state index contributed by atoms with van der Waals surface area (Å²) in [6.07, 6.45) is 16.3. The van der Waals surface area contributed by atoms with Crippen LogP contribution in [0.25, 0.3) is 0 Å². The van der Waals surface area contributed by atoms with Crippen LogP contribution >= 0.6 is 0 Å². The predicted molar refractivity (Wildman–Crippen MR) is 115 cm³/mol. The Labute approximate surface area is 161 Å². The van der Waals surface area contributed by atoms with Gasteiger partial charge in [0, 0.05) is 5.92 Å². The Bertz CT molecular complexity index is 701. The zero-order valence-electron chi connectivity index (χ0n) is 17.1. The smallest absolute Gasteiger partial charge is 0.00890 e. The molecule has 0 radical (unpaired) electrons. The Morgan fingerprint density at radius 3 is 2.81 bits per heavy atom. The van der Waals surface area contributed by atoms with Crippen molar-refractivity contribution in [3.63, 3.8) is 0 Å². The average Bonchev–Trinajstić information content (AvgIpc) is 2.64. The van der Waals surface area contributed by atoms with Crippen LogP contribution in [0.5, 0.6) is 0 Å². The highest BCUT2D eigenvalue weighted by atomic mass is 14.4. The number of hydrogen-bond acceptors (Lipinski definition) is 0. The largest absolute Gasteiger partial charge is 0.0992 e. The second kappa shape index (κ2) is 8.89. The third-order valence-electron chi connectivity index (χ3n) is 6.54. The van der Waals surface area contributed by atoms with Gasteiger partial charge in [0.05, 0.1) is 0 Å². The van der Waals surface area contributed by atoms with Gasteiger partial charge in [-0.05, 0) is 88.3 Å². The number of allylic oxidation sites excluding steroid dienone is 5. The monoisotopic (exact) mass is 348 g/mol. The zero-order chi connectivity index (χ0) is 18.5. The number of rotatable bonds is 7. The van der Waals surface area contributed by atoms with Gasteiger partial charge in [-0.3, -0.25) is 0 Å². The minimum absolute atomic E-state index is 0.587. The molecule has 0 bridgehead atoms. The van der Waals surface area contributed by atoms with Gasteiger partial charge in [-0.25, -0.2) is 0 Å². The second-order valence-corrected chi connectivity index (χ2v) is 8.60. The molecule has 0 heterocycles. The van der Waals surface area contributed by atoms with Crippen molar-refractivity contribution in [2.75, 3.05) is 0 Å². The van der Waals surface area contributed by atoms with E-state index in [4.69, 9.17) is 0 Å². The molecule has 2 unspecified atom stereocenters. The Hall–Kier alpha value is -1.56. The van der Waals surface area contributed by atoms with Gasteiger partial charge in [0.25, 0.3) is 0 Å². The number of unbranched alkanes of at least 4 members (excludes halogenated alkanes) is 3. The SMILES string of the molecule is C=C1Cc2cc(CCCCCC/C(C)=C\C)ccc2C2C=C(C)CCC12. The maximum Gasteiger partial charge on any atom is 0.00890 e. The molecule has 2 aliphatic carbocycles. The number of fused-ring (bicyclic) bond motifs is 3. The summed E-state index contributed by atoms with van der Waals surface area (Å²) in [5, 5.41) is 0. The van der Waals surface area contributed by atoms with Gasteiger partial charge in [0.15, 0.2) is 0 Å². The maximum absolute atomic E-state index is 4.44. The summed E-state index contributed by atoms with van der Waals surface area (Å²) >= 11 is 0. The molecule has 0 amide bonds. The van der Waals surface area contributed by atoms with Gasteiger partial charge >= 0.3 is 0 Å². The highest BCUT2D eigenvalue weighted by Gasteiger charge is 2.32. The van der Waals surface area contributed by atoms with Crippen molar-refractivity contribution in [2.45, 2.75) is 84.5 Å². The minimum Gasteiger partial charge on any atom is -0.0992 e. The Balaban J connectivity index is 1.57. The average molecular weight is 349 g/mol. The second-order valence-electron chi connectivity index (χ2n) is 8.60. The molecule has 0 heteroatoms. The number of aryl methyl sites for hydroxylation is 1. The van der Waals surface area contributed by atoms with Crippen LogP contribution < -0.4 is 0 Å². The van der Waals surface area contributed by atoms with Crippen LogP contribution in [0, 0.1) is 5.92 Å². The van der Waals surface area contributed by atoms with Gasteiger partial charge in [0.1, 0.15) is 0 Å². The molecule has 1 aromatic carbocycles. The van der Waals surface area contributed by atoms with E-state index >= 15 is 0 Å². The van der Waals surface area contributed by atoms with Crippen LogP contribution in [0.3, 0.4) is 0 Å². The minimum atomic E-state index is 0.587. The van der Waals surface area contributed by atoms with E-state index in [0.717, 1.165) is 6.42 Å². The molecule has 2 atom stereocenters. The summed E-state index contributed by atoms with van der Waals surface area (Å²) in [7, 11) is 0. The predicted octanol–water partition coefficient (Wildman–Crippen LogP) is 7.70. The van der Waals surface area contributed by atoms with Gasteiger partial charge < -0.3 is 0 Å². The van der Waals surface area contributed by atoms with E-state index in [2.05, 4.69) is 57.7 Å². The van der Waals surface area contributed by atoms with Crippen molar-refractivity contribution >= 4 is 0 Å². The topological polar surface area (TPSA) is 0 Å². The third kappa shape index (κ3) is 4.58. The molecule has 0 fully saturated rings. The van der Waals surface area contributed by atoms with Crippen LogP contribution in [-0.4, -0.2) is 0 Å². The van der Waals surface area contributed by atoms with Crippen molar-refractivity contribution < 1.29 is 0 Å². The van der Waals surface area contributed by atoms with Crippen LogP contribution in [0.4, 0.5) is 0 Å². The summed E-state index contributed by atoms with van der Waals surface area (Å²) in [5.74, 6) is 1.27. The summed E-state index contributed by atoms with van der Waals surface area (Å²) in [6.45, 7) is 11.1. The first-order chi connectivity index (χ1) is 12.6. The van der Waals surface area contributed by atoms with Crippen LogP contribution in [0.1, 0.15) is 88.3 Å². The van der Waals surface area contributed by atoms with Crippen molar-refractivity contribution in [2.24, 2.45) is 5.92 Å². The van der Waals surface area contributed by atoms with E-state index in [1.807, 2.05) is 0 Å². The quantitative estimate of drug-likeness (QED) is 0.350. The Morgan fingerprint density at radius 1 is 1.19 bits per heavy atom. The summed E-state index contributed by atoms with van der Waals surface area (Å²) < 4.78 is 0. The first-order valence-corrected chi connectivity index (χ1v) is 10.7. The fourth-order valence-corrected chi connectivity index (χ4v) is 4.73. The van der Waals surface area contributed by atoms with Crippen LogP contribution in [0.2, 0.25) is 0 Å². The third-order valence-corrected chi connectivity index (χ3v) is 6.54. The Morgan fingerprint density at radius 2 is 2.00 bits per heavy atom. The lowest BCUT2D eigenvalue weighted by Crippen LogP contribution is -2.24. The zero-order valence-corrected chi connectivity index (χ0v) is 17.1. The molecule has 3 rings (SSSR count). The summed E-state index contributed by atoms with van der Waals surface area (Å²) in [5.41, 5.74) is 9.20. The highest BCUT2D eigenvalue weighted by molar-refractivity contribution is 5.45. The number of hydrogen-bond donors (Lipinski definition) is 0. The van der Waals surface area contributed by atoms with Crippen molar-refractivity contribution in [3.8, 4) is 0 Å². The van der Waals surface area contributed by atoms with E-state index in [1.54, 1.807) is 16.7 Å². The van der Waals surface area contributed by atoms with E-state index in [-0.39, 0.29) is 0 Å². The van der Waals surface area contributed by atoms with Gasteiger partial charge in [-0.1, -0.05) is 66.5 Å². The van der Waals surface area contributed by atoms with E-state index in [9.17, 15) is 0 Å². The van der Waals surface area contributed by atoms with Gasteiger partial charge in [-0.15, -0.1) is 0 Å². The summed E-state index contributed by atoms with van der Waals surface area (Å²) in [4.78, 5) is 0. The molecular weight excluding hydrogens is 312 g/mol. The Kier molecular flexibility index (Phi) is 6.57. The first-order valence-electron chi connectivity index (χ1n) is 10.7. The molecule has 0 spiro atoms. The lowest BCUT2D eigenvalue weighted by Gasteiger charge is -2.37. The summed E-state index contributed by atoms with van der Waals surface area (Å²) in [6, 6.07) is 7.31. The molecule has 0 saturated heterocycles. The van der Waals surface area contributed by atoms with Crippen molar-refractivity contribution in [1.82, 2.24) is 0 Å². The fraction of sp³-hybridized carbons (Fsp3) is 0.538. The molecule has 140 valence electrons. The van der Waals surface area contributed by atoms with Crippen LogP contribution in [-0.2, 0) is 12.8 Å². The molecule has 1 aromatic rings. The van der Waals surface area contributed by atoms with E-state index < -0.39 is 0 Å². The van der Waals surface area contributed by atoms with Crippen molar-refractivity contribution in [3.05, 3.63) is 70.3 Å². The fourth-order valence-electron chi connectivity index (χ4n) is 4.73. The highest BCUT2D eigenvalue weighted by Crippen LogP contribution is 2.45. The van der Waals surface area contributed by atoms with Gasteiger partial charge in [-0.2, -0.15) is 0 Å². The standard InChI is InChI=1S/C26H36/c1-5-19(2)10-8-6-7-9-11-22-13-15-25-23(18-22)17-21(4)24-14-12-20(3)16-26(24)25/h5,13,15-16,18,24,26H,4,6-12,14,17H2,1-3H3/b19-5-. The molecule has 26 heavy (non-hydrogen) atoms. The normalized spacial score (nSPS) is 22.7. The lowest BCUT2D eigenvalue weighted by molar-refractivity contribution is 0.458. The maximum atomic E-state index is 4.44. The molecule has 2 aliphatic rings. The molecule has 0 nitrogen and oxygen atoms in total. The van der Waals surface area contributed by atoms with E-state index in [0.29, 0.717) is 11.8 Å². The van der Waals surface area contributed by atoms with Gasteiger partial charge in [0.2, 0.25) is 0 Å². The van der Waals surface area contributed by atoms with Crippen LogP contribution in [0.15, 0.2) is 53.6 Å². The lowest BCUT2D eigenvalue weighted by atomic mass is 9.67. The molecule has 0 aliphatic heterocycles. The van der Waals surface area contributed by atoms with Crippen molar-refractivity contribution in [1.29, 1.82) is 0 Å². The van der Waals surface area contributed by atoms with E-state index in [1.165, 1.54) is 68.1 Å². The molecule has 0 saturated carbocycles. The number of benzene rings is 1. The molecule has 0 aromatic heterocycles. The molecule has 0 N–H and O–H groups in total.